The maximum atomic E-state index is 11.6. The quantitative estimate of drug-likeness (QED) is 0.338. The van der Waals surface area contributed by atoms with Crippen LogP contribution in [0.5, 0.6) is 5.75 Å². The number of aromatic amines is 1. The molecule has 188 valence electrons. The molecule has 1 aliphatic heterocycles. The number of hydrogen-bond donors (Lipinski definition) is 4. The summed E-state index contributed by atoms with van der Waals surface area (Å²) >= 11 is 0. The van der Waals surface area contributed by atoms with Gasteiger partial charge in [-0.1, -0.05) is 36.1 Å². The molecule has 3 aromatic rings. The molecule has 4 N–H and O–H groups in total. The van der Waals surface area contributed by atoms with Crippen LogP contribution in [0.15, 0.2) is 59.7 Å². The molecule has 36 heavy (non-hydrogen) atoms. The molecular weight excluding hydrogens is 458 g/mol. The van der Waals surface area contributed by atoms with Gasteiger partial charge in [-0.3, -0.25) is 9.69 Å². The van der Waals surface area contributed by atoms with Gasteiger partial charge in [-0.05, 0) is 41.8 Å². The van der Waals surface area contributed by atoms with Crippen molar-refractivity contribution >= 4 is 0 Å². The molecule has 0 spiro atoms. The SMILES string of the molecule is O=c1[nH]cnc(CC(CO)c2ccc(C#Cc3ccc(CN(CCO)[C@H]4CCOC4)cc3)cc2)c1O. The summed E-state index contributed by atoms with van der Waals surface area (Å²) in [6, 6.07) is 16.0. The van der Waals surface area contributed by atoms with E-state index in [4.69, 9.17) is 4.74 Å². The van der Waals surface area contributed by atoms with Crippen molar-refractivity contribution in [2.45, 2.75) is 31.3 Å². The number of ether oxygens (including phenoxy) is 1. The van der Waals surface area contributed by atoms with Crippen molar-refractivity contribution in [1.82, 2.24) is 14.9 Å². The molecule has 8 nitrogen and oxygen atoms in total. The first-order valence-corrected chi connectivity index (χ1v) is 12.1. The fourth-order valence-electron chi connectivity index (χ4n) is 4.34. The highest BCUT2D eigenvalue weighted by Gasteiger charge is 2.23. The lowest BCUT2D eigenvalue weighted by molar-refractivity contribution is 0.118. The summed E-state index contributed by atoms with van der Waals surface area (Å²) in [4.78, 5) is 20.2. The van der Waals surface area contributed by atoms with Gasteiger partial charge >= 0.3 is 0 Å². The van der Waals surface area contributed by atoms with Crippen molar-refractivity contribution < 1.29 is 20.1 Å². The molecule has 0 saturated carbocycles. The Bertz CT molecular complexity index is 1240. The second kappa shape index (κ2) is 12.5. The topological polar surface area (TPSA) is 119 Å². The molecule has 1 fully saturated rings. The Morgan fingerprint density at radius 3 is 2.39 bits per heavy atom. The van der Waals surface area contributed by atoms with E-state index >= 15 is 0 Å². The van der Waals surface area contributed by atoms with Crippen molar-refractivity contribution in [3.63, 3.8) is 0 Å². The average Bonchev–Trinajstić information content (AvgIpc) is 3.44. The zero-order valence-corrected chi connectivity index (χ0v) is 20.1. The summed E-state index contributed by atoms with van der Waals surface area (Å²) in [5.41, 5.74) is 3.44. The molecular formula is C28H31N3O5. The van der Waals surface area contributed by atoms with E-state index in [0.29, 0.717) is 19.2 Å². The smallest absolute Gasteiger partial charge is 0.293 e. The van der Waals surface area contributed by atoms with Gasteiger partial charge in [0.05, 0.1) is 31.8 Å². The predicted octanol–water partition coefficient (Wildman–Crippen LogP) is 1.78. The fourth-order valence-corrected chi connectivity index (χ4v) is 4.34. The summed E-state index contributed by atoms with van der Waals surface area (Å²) in [7, 11) is 0. The van der Waals surface area contributed by atoms with Crippen molar-refractivity contribution in [3.05, 3.63) is 93.2 Å². The molecule has 4 rings (SSSR count). The molecule has 0 aliphatic carbocycles. The van der Waals surface area contributed by atoms with E-state index in [9.17, 15) is 20.1 Å². The normalized spacial score (nSPS) is 16.0. The summed E-state index contributed by atoms with van der Waals surface area (Å²) in [5, 5.41) is 29.2. The van der Waals surface area contributed by atoms with Crippen LogP contribution in [0.4, 0.5) is 0 Å². The van der Waals surface area contributed by atoms with E-state index in [-0.39, 0.29) is 31.2 Å². The minimum atomic E-state index is -0.596. The number of hydrogen-bond acceptors (Lipinski definition) is 7. The Kier molecular flexibility index (Phi) is 8.87. The molecule has 1 aromatic heterocycles. The average molecular weight is 490 g/mol. The third-order valence-corrected chi connectivity index (χ3v) is 6.45. The first-order valence-electron chi connectivity index (χ1n) is 12.1. The molecule has 0 bridgehead atoms. The van der Waals surface area contributed by atoms with Crippen LogP contribution in [0.2, 0.25) is 0 Å². The number of aliphatic hydroxyl groups is 2. The summed E-state index contributed by atoms with van der Waals surface area (Å²) in [6.45, 7) is 2.87. The highest BCUT2D eigenvalue weighted by atomic mass is 16.5. The van der Waals surface area contributed by atoms with Crippen molar-refractivity contribution in [2.75, 3.05) is 33.0 Å². The molecule has 0 amide bonds. The highest BCUT2D eigenvalue weighted by Crippen LogP contribution is 2.23. The third kappa shape index (κ3) is 6.59. The van der Waals surface area contributed by atoms with Gasteiger partial charge in [0.1, 0.15) is 0 Å². The van der Waals surface area contributed by atoms with Gasteiger partial charge in [0.15, 0.2) is 0 Å². The molecule has 1 saturated heterocycles. The van der Waals surface area contributed by atoms with Gasteiger partial charge in [0.2, 0.25) is 5.75 Å². The fraction of sp³-hybridized carbons (Fsp3) is 0.357. The van der Waals surface area contributed by atoms with E-state index in [0.717, 1.165) is 36.3 Å². The molecule has 1 unspecified atom stereocenters. The van der Waals surface area contributed by atoms with Crippen LogP contribution in [0, 0.1) is 11.8 Å². The largest absolute Gasteiger partial charge is 0.502 e. The number of H-pyrrole nitrogens is 1. The van der Waals surface area contributed by atoms with Crippen LogP contribution in [0.3, 0.4) is 0 Å². The molecule has 2 atom stereocenters. The number of rotatable bonds is 9. The number of aliphatic hydroxyl groups excluding tert-OH is 2. The maximum absolute atomic E-state index is 11.6. The summed E-state index contributed by atoms with van der Waals surface area (Å²) in [5.74, 6) is 5.63. The lowest BCUT2D eigenvalue weighted by Crippen LogP contribution is -2.37. The van der Waals surface area contributed by atoms with E-state index in [1.807, 2.05) is 36.4 Å². The molecule has 8 heteroatoms. The Balaban J connectivity index is 1.39. The van der Waals surface area contributed by atoms with Gasteiger partial charge in [-0.2, -0.15) is 0 Å². The van der Waals surface area contributed by atoms with Gasteiger partial charge < -0.3 is 25.0 Å². The lowest BCUT2D eigenvalue weighted by atomic mass is 9.94. The molecule has 2 aromatic carbocycles. The summed E-state index contributed by atoms with van der Waals surface area (Å²) < 4.78 is 5.50. The van der Waals surface area contributed by atoms with Crippen molar-refractivity contribution in [3.8, 4) is 17.6 Å². The molecule has 2 heterocycles. The second-order valence-electron chi connectivity index (χ2n) is 8.89. The molecule has 1 aliphatic rings. The number of nitrogens with zero attached hydrogens (tertiary/aromatic N) is 2. The first-order chi connectivity index (χ1) is 17.6. The Morgan fingerprint density at radius 2 is 1.78 bits per heavy atom. The number of aromatic nitrogens is 2. The van der Waals surface area contributed by atoms with E-state index < -0.39 is 11.3 Å². The maximum Gasteiger partial charge on any atom is 0.293 e. The lowest BCUT2D eigenvalue weighted by Gasteiger charge is -2.27. The van der Waals surface area contributed by atoms with Crippen LogP contribution in [0.1, 0.15) is 40.3 Å². The number of benzene rings is 2. The van der Waals surface area contributed by atoms with Crippen LogP contribution < -0.4 is 5.56 Å². The minimum Gasteiger partial charge on any atom is -0.502 e. The minimum absolute atomic E-state index is 0.128. The van der Waals surface area contributed by atoms with Crippen LogP contribution >= 0.6 is 0 Å². The van der Waals surface area contributed by atoms with Crippen molar-refractivity contribution in [1.29, 1.82) is 0 Å². The number of aromatic hydroxyl groups is 1. The van der Waals surface area contributed by atoms with Crippen LogP contribution in [-0.2, 0) is 17.7 Å². The van der Waals surface area contributed by atoms with E-state index in [1.54, 1.807) is 0 Å². The van der Waals surface area contributed by atoms with Gasteiger partial charge in [-0.15, -0.1) is 0 Å². The Hall–Kier alpha value is -3.48. The van der Waals surface area contributed by atoms with E-state index in [1.165, 1.54) is 11.9 Å². The zero-order chi connectivity index (χ0) is 25.3. The number of nitrogens with one attached hydrogen (secondary N) is 1. The standard InChI is InChI=1S/C28H31N3O5/c32-13-12-31(25-11-14-36-18-25)16-22-5-3-20(4-6-22)1-2-21-7-9-23(10-8-21)24(17-33)15-26-27(34)28(35)30-19-29-26/h3-10,19,24-25,32-34H,11-18H2,(H,29,30,35)/t24?,25-/m0/s1. The van der Waals surface area contributed by atoms with Crippen LogP contribution in [-0.4, -0.2) is 69.2 Å². The van der Waals surface area contributed by atoms with Gasteiger partial charge in [-0.25, -0.2) is 4.98 Å². The zero-order valence-electron chi connectivity index (χ0n) is 20.1. The van der Waals surface area contributed by atoms with Gasteiger partial charge in [0.25, 0.3) is 5.56 Å². The van der Waals surface area contributed by atoms with E-state index in [2.05, 4.69) is 38.8 Å². The second-order valence-corrected chi connectivity index (χ2v) is 8.89. The van der Waals surface area contributed by atoms with Crippen LogP contribution in [0.25, 0.3) is 0 Å². The summed E-state index contributed by atoms with van der Waals surface area (Å²) in [6.07, 6.45) is 2.48. The van der Waals surface area contributed by atoms with Crippen molar-refractivity contribution in [2.24, 2.45) is 0 Å². The van der Waals surface area contributed by atoms with Gasteiger partial charge in [0, 0.05) is 49.2 Å². The monoisotopic (exact) mass is 489 g/mol. The third-order valence-electron chi connectivity index (χ3n) is 6.45. The Labute approximate surface area is 210 Å². The first kappa shape index (κ1) is 25.6. The highest BCUT2D eigenvalue weighted by molar-refractivity contribution is 5.44. The Morgan fingerprint density at radius 1 is 1.08 bits per heavy atom. The predicted molar refractivity (Wildman–Crippen MR) is 136 cm³/mol. The molecule has 0 radical (unpaired) electrons.